The molecule has 2 aromatic carbocycles. The van der Waals surface area contributed by atoms with Crippen molar-refractivity contribution in [3.8, 4) is 22.9 Å². The average Bonchev–Trinajstić information content (AvgIpc) is 3.06. The molecule has 2 aliphatic heterocycles. The standard InChI is InChI=1S/C22H22FN3O2/c1-2-3-4-18-11-22(13-27-21(25)26-22)19-10-15(5-6-20(19)28-18)16-7-14(12-24)8-17(23)9-16/h5-10,18H,2-4,11,13H2,1H3,(H2,25,26)/t18-,22?/m0/s1. The van der Waals surface area contributed by atoms with E-state index in [1.165, 1.54) is 12.1 Å². The monoisotopic (exact) mass is 379 g/mol. The molecule has 0 saturated carbocycles. The van der Waals surface area contributed by atoms with Gasteiger partial charge in [-0.25, -0.2) is 9.38 Å². The largest absolute Gasteiger partial charge is 0.490 e. The number of nitriles is 1. The Bertz CT molecular complexity index is 982. The van der Waals surface area contributed by atoms with Crippen LogP contribution in [0, 0.1) is 17.1 Å². The molecule has 28 heavy (non-hydrogen) atoms. The summed E-state index contributed by atoms with van der Waals surface area (Å²) in [5.74, 6) is 0.318. The van der Waals surface area contributed by atoms with Crippen molar-refractivity contribution >= 4 is 6.02 Å². The maximum atomic E-state index is 13.9. The Morgan fingerprint density at radius 1 is 1.29 bits per heavy atom. The molecule has 2 aliphatic rings. The first-order valence-electron chi connectivity index (χ1n) is 9.53. The van der Waals surface area contributed by atoms with E-state index in [2.05, 4.69) is 11.9 Å². The third-order valence-corrected chi connectivity index (χ3v) is 5.36. The number of halogens is 1. The van der Waals surface area contributed by atoms with Crippen LogP contribution in [0.5, 0.6) is 5.75 Å². The normalized spacial score (nSPS) is 22.8. The molecule has 2 aromatic rings. The summed E-state index contributed by atoms with van der Waals surface area (Å²) in [5, 5.41) is 9.14. The molecule has 0 fully saturated rings. The number of hydrogen-bond donors (Lipinski definition) is 1. The number of rotatable bonds is 4. The first-order valence-corrected chi connectivity index (χ1v) is 9.53. The molecule has 144 valence electrons. The molecule has 0 aliphatic carbocycles. The van der Waals surface area contributed by atoms with Crippen molar-refractivity contribution in [3.05, 3.63) is 53.3 Å². The Labute approximate surface area is 163 Å². The Hall–Kier alpha value is -3.07. The van der Waals surface area contributed by atoms with Crippen molar-refractivity contribution in [2.45, 2.75) is 44.2 Å². The topological polar surface area (TPSA) is 80.6 Å². The average molecular weight is 379 g/mol. The number of ether oxygens (including phenoxy) is 2. The van der Waals surface area contributed by atoms with E-state index in [1.54, 1.807) is 6.07 Å². The lowest BCUT2D eigenvalue weighted by Gasteiger charge is -2.37. The lowest BCUT2D eigenvalue weighted by molar-refractivity contribution is 0.0988. The van der Waals surface area contributed by atoms with Crippen LogP contribution in [0.3, 0.4) is 0 Å². The molecule has 6 heteroatoms. The molecule has 2 N–H and O–H groups in total. The lowest BCUT2D eigenvalue weighted by Crippen LogP contribution is -2.38. The summed E-state index contributed by atoms with van der Waals surface area (Å²) in [5.41, 5.74) is 7.87. The van der Waals surface area contributed by atoms with Crippen molar-refractivity contribution in [1.82, 2.24) is 0 Å². The molecule has 4 rings (SSSR count). The Morgan fingerprint density at radius 2 is 2.14 bits per heavy atom. The quantitative estimate of drug-likeness (QED) is 0.861. The molecule has 0 amide bonds. The van der Waals surface area contributed by atoms with E-state index >= 15 is 0 Å². The van der Waals surface area contributed by atoms with Crippen LogP contribution >= 0.6 is 0 Å². The number of nitrogens with zero attached hydrogens (tertiary/aromatic N) is 2. The van der Waals surface area contributed by atoms with Gasteiger partial charge >= 0.3 is 0 Å². The summed E-state index contributed by atoms with van der Waals surface area (Å²) < 4.78 is 25.7. The highest BCUT2D eigenvalue weighted by Crippen LogP contribution is 2.46. The predicted molar refractivity (Wildman–Crippen MR) is 104 cm³/mol. The molecule has 5 nitrogen and oxygen atoms in total. The molecule has 2 atom stereocenters. The zero-order valence-electron chi connectivity index (χ0n) is 15.7. The van der Waals surface area contributed by atoms with Crippen molar-refractivity contribution in [2.24, 2.45) is 10.7 Å². The number of unbranched alkanes of at least 4 members (excludes halogenated alkanes) is 1. The Balaban J connectivity index is 1.78. The van der Waals surface area contributed by atoms with Crippen molar-refractivity contribution in [1.29, 1.82) is 5.26 Å². The Kier molecular flexibility index (Phi) is 4.68. The molecule has 1 spiro atoms. The predicted octanol–water partition coefficient (Wildman–Crippen LogP) is 4.25. The molecule has 0 saturated heterocycles. The number of amidine groups is 1. The van der Waals surface area contributed by atoms with E-state index in [4.69, 9.17) is 20.5 Å². The highest BCUT2D eigenvalue weighted by molar-refractivity contribution is 5.75. The van der Waals surface area contributed by atoms with Crippen LogP contribution < -0.4 is 10.5 Å². The number of nitrogens with two attached hydrogens (primary N) is 1. The van der Waals surface area contributed by atoms with Gasteiger partial charge in [-0.05, 0) is 47.9 Å². The summed E-state index contributed by atoms with van der Waals surface area (Å²) in [4.78, 5) is 4.63. The molecule has 0 radical (unpaired) electrons. The van der Waals surface area contributed by atoms with E-state index < -0.39 is 11.4 Å². The molecular weight excluding hydrogens is 357 g/mol. The van der Waals surface area contributed by atoms with Gasteiger partial charge in [-0.2, -0.15) is 5.26 Å². The van der Waals surface area contributed by atoms with Crippen LogP contribution in [-0.2, 0) is 10.3 Å². The SMILES string of the molecule is CCCC[C@H]1CC2(COC(N)=N2)c2cc(-c3cc(F)cc(C#N)c3)ccc2O1. The van der Waals surface area contributed by atoms with Gasteiger partial charge in [-0.1, -0.05) is 25.8 Å². The number of hydrogen-bond acceptors (Lipinski definition) is 5. The fourth-order valence-corrected chi connectivity index (χ4v) is 4.01. The smallest absolute Gasteiger partial charge is 0.283 e. The van der Waals surface area contributed by atoms with Gasteiger partial charge in [0.05, 0.1) is 11.6 Å². The van der Waals surface area contributed by atoms with E-state index in [0.29, 0.717) is 18.6 Å². The van der Waals surface area contributed by atoms with Gasteiger partial charge in [0, 0.05) is 12.0 Å². The van der Waals surface area contributed by atoms with E-state index in [1.807, 2.05) is 24.3 Å². The maximum absolute atomic E-state index is 13.9. The van der Waals surface area contributed by atoms with Gasteiger partial charge in [-0.15, -0.1) is 0 Å². The summed E-state index contributed by atoms with van der Waals surface area (Å²) in [7, 11) is 0. The molecule has 0 bridgehead atoms. The zero-order valence-corrected chi connectivity index (χ0v) is 15.7. The van der Waals surface area contributed by atoms with E-state index in [0.717, 1.165) is 36.1 Å². The third kappa shape index (κ3) is 3.29. The van der Waals surface area contributed by atoms with Crippen LogP contribution in [0.25, 0.3) is 11.1 Å². The number of fused-ring (bicyclic) bond motifs is 2. The third-order valence-electron chi connectivity index (χ3n) is 5.36. The van der Waals surface area contributed by atoms with Crippen molar-refractivity contribution in [2.75, 3.05) is 6.61 Å². The highest BCUT2D eigenvalue weighted by atomic mass is 19.1. The van der Waals surface area contributed by atoms with Crippen molar-refractivity contribution in [3.63, 3.8) is 0 Å². The second-order valence-electron chi connectivity index (χ2n) is 7.41. The highest BCUT2D eigenvalue weighted by Gasteiger charge is 2.46. The maximum Gasteiger partial charge on any atom is 0.283 e. The molecular formula is C22H22FN3O2. The first kappa shape index (κ1) is 18.3. The summed E-state index contributed by atoms with van der Waals surface area (Å²) in [6.07, 6.45) is 3.87. The fourth-order valence-electron chi connectivity index (χ4n) is 4.01. The van der Waals surface area contributed by atoms with Gasteiger partial charge < -0.3 is 15.2 Å². The second-order valence-corrected chi connectivity index (χ2v) is 7.41. The Morgan fingerprint density at radius 3 is 2.86 bits per heavy atom. The molecule has 2 heterocycles. The van der Waals surface area contributed by atoms with Crippen LogP contribution in [0.15, 0.2) is 41.4 Å². The minimum absolute atomic E-state index is 0.0518. The van der Waals surface area contributed by atoms with Crippen LogP contribution in [0.1, 0.15) is 43.7 Å². The van der Waals surface area contributed by atoms with Crippen LogP contribution in [-0.4, -0.2) is 18.7 Å². The zero-order chi connectivity index (χ0) is 19.7. The second kappa shape index (κ2) is 7.16. The van der Waals surface area contributed by atoms with Crippen LogP contribution in [0.4, 0.5) is 4.39 Å². The lowest BCUT2D eigenvalue weighted by atomic mass is 9.81. The van der Waals surface area contributed by atoms with Gasteiger partial charge in [-0.3, -0.25) is 0 Å². The number of aliphatic imine (C=N–C) groups is 1. The van der Waals surface area contributed by atoms with Crippen molar-refractivity contribution < 1.29 is 13.9 Å². The first-order chi connectivity index (χ1) is 13.5. The fraction of sp³-hybridized carbons (Fsp3) is 0.364. The van der Waals surface area contributed by atoms with Gasteiger partial charge in [0.15, 0.2) is 0 Å². The summed E-state index contributed by atoms with van der Waals surface area (Å²) in [6, 6.07) is 12.2. The molecule has 1 unspecified atom stereocenters. The van der Waals surface area contributed by atoms with Gasteiger partial charge in [0.25, 0.3) is 6.02 Å². The minimum atomic E-state index is -0.586. The minimum Gasteiger partial charge on any atom is -0.490 e. The number of benzene rings is 2. The van der Waals surface area contributed by atoms with Gasteiger partial charge in [0.2, 0.25) is 0 Å². The van der Waals surface area contributed by atoms with E-state index in [9.17, 15) is 4.39 Å². The van der Waals surface area contributed by atoms with Crippen LogP contribution in [0.2, 0.25) is 0 Å². The summed E-state index contributed by atoms with van der Waals surface area (Å²) >= 11 is 0. The van der Waals surface area contributed by atoms with Gasteiger partial charge in [0.1, 0.15) is 29.8 Å². The molecule has 0 aromatic heterocycles. The summed E-state index contributed by atoms with van der Waals surface area (Å²) in [6.45, 7) is 2.52. The van der Waals surface area contributed by atoms with E-state index in [-0.39, 0.29) is 17.7 Å².